The van der Waals surface area contributed by atoms with Crippen molar-refractivity contribution < 1.29 is 4.74 Å². The monoisotopic (exact) mass is 427 g/mol. The minimum atomic E-state index is -0.0333. The van der Waals surface area contributed by atoms with E-state index < -0.39 is 0 Å². The molecule has 30 heavy (non-hydrogen) atoms. The van der Waals surface area contributed by atoms with Crippen LogP contribution in [0.5, 0.6) is 0 Å². The van der Waals surface area contributed by atoms with E-state index in [9.17, 15) is 4.79 Å². The second-order valence-corrected chi connectivity index (χ2v) is 9.30. The third kappa shape index (κ3) is 4.86. The van der Waals surface area contributed by atoms with Crippen molar-refractivity contribution in [2.75, 3.05) is 13.2 Å². The fourth-order valence-electron chi connectivity index (χ4n) is 4.71. The molecule has 1 unspecified atom stereocenters. The molecule has 0 amide bonds. The SMILES string of the molecule is Cc1ccc(C)c2[nH]c(=O)c(CN(CC3CCCO3)C(=S)NC3CCCCC3)cc12. The Morgan fingerprint density at radius 3 is 2.67 bits per heavy atom. The van der Waals surface area contributed by atoms with Crippen LogP contribution in [0.3, 0.4) is 0 Å². The zero-order valence-corrected chi connectivity index (χ0v) is 18.9. The van der Waals surface area contributed by atoms with Crippen LogP contribution < -0.4 is 10.9 Å². The van der Waals surface area contributed by atoms with E-state index in [1.54, 1.807) is 0 Å². The Kier molecular flexibility index (Phi) is 6.74. The topological polar surface area (TPSA) is 57.4 Å². The van der Waals surface area contributed by atoms with Crippen molar-refractivity contribution >= 4 is 28.2 Å². The summed E-state index contributed by atoms with van der Waals surface area (Å²) in [6.07, 6.45) is 8.50. The van der Waals surface area contributed by atoms with Gasteiger partial charge in [-0.3, -0.25) is 4.79 Å². The molecule has 2 aromatic rings. The third-order valence-corrected chi connectivity index (χ3v) is 6.93. The molecule has 2 N–H and O–H groups in total. The predicted molar refractivity (Wildman–Crippen MR) is 126 cm³/mol. The van der Waals surface area contributed by atoms with Gasteiger partial charge in [-0.2, -0.15) is 0 Å². The number of nitrogens with one attached hydrogen (secondary N) is 2. The van der Waals surface area contributed by atoms with Crippen molar-refractivity contribution in [2.45, 2.75) is 77.5 Å². The van der Waals surface area contributed by atoms with Crippen LogP contribution in [-0.2, 0) is 11.3 Å². The maximum Gasteiger partial charge on any atom is 0.253 e. The summed E-state index contributed by atoms with van der Waals surface area (Å²) in [7, 11) is 0. The molecule has 4 rings (SSSR count). The van der Waals surface area contributed by atoms with Crippen molar-refractivity contribution in [1.29, 1.82) is 0 Å². The van der Waals surface area contributed by atoms with E-state index in [4.69, 9.17) is 17.0 Å². The molecule has 162 valence electrons. The second-order valence-electron chi connectivity index (χ2n) is 8.91. The number of nitrogens with zero attached hydrogens (tertiary/aromatic N) is 1. The molecule has 1 aromatic heterocycles. The normalized spacial score (nSPS) is 19.9. The van der Waals surface area contributed by atoms with Crippen LogP contribution in [0.1, 0.15) is 61.6 Å². The van der Waals surface area contributed by atoms with Crippen molar-refractivity contribution in [1.82, 2.24) is 15.2 Å². The number of H-pyrrole nitrogens is 1. The van der Waals surface area contributed by atoms with Crippen LogP contribution in [0.2, 0.25) is 0 Å². The first kappa shape index (κ1) is 21.3. The highest BCUT2D eigenvalue weighted by Gasteiger charge is 2.24. The standard InChI is InChI=1S/C24H33N3O2S/c1-16-10-11-17(2)22-21(16)13-18(23(28)26-22)14-27(15-20-9-6-12-29-20)24(30)25-19-7-4-3-5-8-19/h10-11,13,19-20H,3-9,12,14-15H2,1-2H3,(H,25,30)(H,26,28). The quantitative estimate of drug-likeness (QED) is 0.696. The van der Waals surface area contributed by atoms with E-state index in [0.717, 1.165) is 53.1 Å². The molecular weight excluding hydrogens is 394 g/mol. The lowest BCUT2D eigenvalue weighted by Crippen LogP contribution is -2.47. The van der Waals surface area contributed by atoms with E-state index in [0.29, 0.717) is 12.6 Å². The minimum Gasteiger partial charge on any atom is -0.376 e. The second kappa shape index (κ2) is 9.48. The van der Waals surface area contributed by atoms with Crippen molar-refractivity contribution in [3.05, 3.63) is 45.2 Å². The maximum atomic E-state index is 12.9. The highest BCUT2D eigenvalue weighted by molar-refractivity contribution is 7.80. The van der Waals surface area contributed by atoms with Crippen LogP contribution in [0.25, 0.3) is 10.9 Å². The number of hydrogen-bond donors (Lipinski definition) is 2. The summed E-state index contributed by atoms with van der Waals surface area (Å²) in [6, 6.07) is 6.65. The van der Waals surface area contributed by atoms with Crippen LogP contribution in [0.4, 0.5) is 0 Å². The Labute approximate surface area is 184 Å². The van der Waals surface area contributed by atoms with Gasteiger partial charge in [-0.1, -0.05) is 31.4 Å². The fourth-order valence-corrected chi connectivity index (χ4v) is 5.01. The van der Waals surface area contributed by atoms with E-state index in [1.807, 2.05) is 13.0 Å². The van der Waals surface area contributed by atoms with E-state index in [1.165, 1.54) is 37.7 Å². The molecule has 2 aliphatic rings. The number of fused-ring (bicyclic) bond motifs is 1. The Balaban J connectivity index is 1.58. The van der Waals surface area contributed by atoms with Gasteiger partial charge in [0.15, 0.2) is 5.11 Å². The minimum absolute atomic E-state index is 0.0333. The lowest BCUT2D eigenvalue weighted by atomic mass is 9.96. The summed E-state index contributed by atoms with van der Waals surface area (Å²) in [5, 5.41) is 5.43. The van der Waals surface area contributed by atoms with Gasteiger partial charge in [-0.25, -0.2) is 0 Å². The van der Waals surface area contributed by atoms with Gasteiger partial charge in [0.25, 0.3) is 5.56 Å². The average Bonchev–Trinajstić information content (AvgIpc) is 3.25. The molecule has 6 heteroatoms. The van der Waals surface area contributed by atoms with Crippen LogP contribution in [-0.4, -0.2) is 40.3 Å². The molecule has 2 fully saturated rings. The van der Waals surface area contributed by atoms with Crippen molar-refractivity contribution in [2.24, 2.45) is 0 Å². The largest absolute Gasteiger partial charge is 0.376 e. The highest BCUT2D eigenvalue weighted by Crippen LogP contribution is 2.22. The fraction of sp³-hybridized carbons (Fsp3) is 0.583. The third-order valence-electron chi connectivity index (χ3n) is 6.55. The first-order valence-corrected chi connectivity index (χ1v) is 11.7. The smallest absolute Gasteiger partial charge is 0.253 e. The predicted octanol–water partition coefficient (Wildman–Crippen LogP) is 4.33. The number of pyridine rings is 1. The summed E-state index contributed by atoms with van der Waals surface area (Å²) in [4.78, 5) is 18.2. The van der Waals surface area contributed by atoms with Crippen LogP contribution in [0.15, 0.2) is 23.0 Å². The summed E-state index contributed by atoms with van der Waals surface area (Å²) in [6.45, 7) is 6.16. The molecule has 1 saturated carbocycles. The number of aromatic amines is 1. The van der Waals surface area contributed by atoms with Crippen molar-refractivity contribution in [3.63, 3.8) is 0 Å². The molecular formula is C24H33N3O2S. The van der Waals surface area contributed by atoms with Gasteiger partial charge in [0.1, 0.15) is 0 Å². The number of benzene rings is 1. The Bertz CT molecular complexity index is 959. The molecule has 5 nitrogen and oxygen atoms in total. The summed E-state index contributed by atoms with van der Waals surface area (Å²) in [5.41, 5.74) is 3.90. The van der Waals surface area contributed by atoms with Gasteiger partial charge in [-0.05, 0) is 68.9 Å². The lowest BCUT2D eigenvalue weighted by Gasteiger charge is -2.32. The van der Waals surface area contributed by atoms with Gasteiger partial charge in [-0.15, -0.1) is 0 Å². The number of hydrogen-bond acceptors (Lipinski definition) is 3. The molecule has 1 aliphatic heterocycles. The number of aryl methyl sites for hydroxylation is 2. The molecule has 0 radical (unpaired) electrons. The van der Waals surface area contributed by atoms with E-state index >= 15 is 0 Å². The van der Waals surface area contributed by atoms with Crippen molar-refractivity contribution in [3.8, 4) is 0 Å². The van der Waals surface area contributed by atoms with Crippen LogP contribution >= 0.6 is 12.2 Å². The molecule has 1 aromatic carbocycles. The Hall–Kier alpha value is -1.92. The summed E-state index contributed by atoms with van der Waals surface area (Å²) >= 11 is 5.82. The molecule has 1 aliphatic carbocycles. The Morgan fingerprint density at radius 1 is 1.17 bits per heavy atom. The number of aromatic nitrogens is 1. The van der Waals surface area contributed by atoms with Gasteiger partial charge >= 0.3 is 0 Å². The number of rotatable bonds is 5. The zero-order chi connectivity index (χ0) is 21.1. The number of thiocarbonyl (C=S) groups is 1. The molecule has 1 atom stereocenters. The Morgan fingerprint density at radius 2 is 1.93 bits per heavy atom. The van der Waals surface area contributed by atoms with E-state index in [2.05, 4.69) is 34.3 Å². The maximum absolute atomic E-state index is 12.9. The molecule has 1 saturated heterocycles. The van der Waals surface area contributed by atoms with Gasteiger partial charge in [0.05, 0.1) is 18.2 Å². The average molecular weight is 428 g/mol. The van der Waals surface area contributed by atoms with Gasteiger partial charge in [0, 0.05) is 30.1 Å². The molecule has 2 heterocycles. The van der Waals surface area contributed by atoms with Gasteiger partial charge in [0.2, 0.25) is 0 Å². The lowest BCUT2D eigenvalue weighted by molar-refractivity contribution is 0.0894. The first-order chi connectivity index (χ1) is 14.5. The van der Waals surface area contributed by atoms with Gasteiger partial charge < -0.3 is 19.9 Å². The molecule has 0 spiro atoms. The summed E-state index contributed by atoms with van der Waals surface area (Å²) in [5.74, 6) is 0. The van der Waals surface area contributed by atoms with E-state index in [-0.39, 0.29) is 11.7 Å². The highest BCUT2D eigenvalue weighted by atomic mass is 32.1. The summed E-state index contributed by atoms with van der Waals surface area (Å²) < 4.78 is 5.88. The first-order valence-electron chi connectivity index (χ1n) is 11.3. The zero-order valence-electron chi connectivity index (χ0n) is 18.1. The van der Waals surface area contributed by atoms with Crippen LogP contribution in [0, 0.1) is 13.8 Å². The number of ether oxygens (including phenoxy) is 1. The molecule has 0 bridgehead atoms.